The highest BCUT2D eigenvalue weighted by molar-refractivity contribution is 5.93. The molecule has 1 amide bonds. The fourth-order valence-electron chi connectivity index (χ4n) is 3.35. The quantitative estimate of drug-likeness (QED) is 0.910. The molecular weight excluding hydrogens is 290 g/mol. The Morgan fingerprint density at radius 1 is 1.22 bits per heavy atom. The van der Waals surface area contributed by atoms with E-state index in [0.29, 0.717) is 18.2 Å². The van der Waals surface area contributed by atoms with E-state index < -0.39 is 0 Å². The first-order valence-electron chi connectivity index (χ1n) is 8.38. The molecule has 1 fully saturated rings. The predicted octanol–water partition coefficient (Wildman–Crippen LogP) is 3.00. The minimum absolute atomic E-state index is 0.0271. The molecule has 6 nitrogen and oxygen atoms in total. The largest absolute Gasteiger partial charge is 0.298 e. The van der Waals surface area contributed by atoms with E-state index in [1.54, 1.807) is 11.9 Å². The standard InChI is InChI=1S/C17H25N5O/c1-11-14(12(2)19-18-11)9-17(23)22(3)16-10-15(20-21-16)13-7-5-4-6-8-13/h10,13H,4-9H2,1-3H3,(H,18,19)(H,20,21). The Morgan fingerprint density at radius 3 is 2.61 bits per heavy atom. The van der Waals surface area contributed by atoms with Gasteiger partial charge in [0, 0.05) is 36.0 Å². The average molecular weight is 315 g/mol. The van der Waals surface area contributed by atoms with Gasteiger partial charge in [0.25, 0.3) is 0 Å². The van der Waals surface area contributed by atoms with E-state index in [2.05, 4.69) is 20.4 Å². The molecule has 0 radical (unpaired) electrons. The van der Waals surface area contributed by atoms with Gasteiger partial charge in [-0.3, -0.25) is 19.9 Å². The first-order chi connectivity index (χ1) is 11.1. The van der Waals surface area contributed by atoms with Crippen LogP contribution in [-0.2, 0) is 11.2 Å². The molecule has 2 heterocycles. The highest BCUT2D eigenvalue weighted by atomic mass is 16.2. The van der Waals surface area contributed by atoms with Crippen molar-refractivity contribution in [3.8, 4) is 0 Å². The number of rotatable bonds is 4. The maximum Gasteiger partial charge on any atom is 0.232 e. The van der Waals surface area contributed by atoms with E-state index in [4.69, 9.17) is 0 Å². The third kappa shape index (κ3) is 3.30. The molecule has 1 aliphatic rings. The Morgan fingerprint density at radius 2 is 1.96 bits per heavy atom. The molecule has 3 rings (SSSR count). The number of H-pyrrole nitrogens is 2. The van der Waals surface area contributed by atoms with Crippen LogP contribution >= 0.6 is 0 Å². The Hall–Kier alpha value is -2.11. The predicted molar refractivity (Wildman–Crippen MR) is 89.6 cm³/mol. The van der Waals surface area contributed by atoms with Crippen molar-refractivity contribution in [2.75, 3.05) is 11.9 Å². The van der Waals surface area contributed by atoms with Gasteiger partial charge in [0.15, 0.2) is 5.82 Å². The van der Waals surface area contributed by atoms with E-state index in [1.807, 2.05) is 19.9 Å². The lowest BCUT2D eigenvalue weighted by Gasteiger charge is -2.19. The number of carbonyl (C=O) groups excluding carboxylic acids is 1. The molecule has 0 atom stereocenters. The molecule has 2 aromatic heterocycles. The Balaban J connectivity index is 1.69. The monoisotopic (exact) mass is 315 g/mol. The maximum absolute atomic E-state index is 12.5. The summed E-state index contributed by atoms with van der Waals surface area (Å²) < 4.78 is 0. The zero-order valence-electron chi connectivity index (χ0n) is 14.1. The zero-order valence-corrected chi connectivity index (χ0v) is 14.1. The number of nitrogens with zero attached hydrogens (tertiary/aromatic N) is 3. The third-order valence-electron chi connectivity index (χ3n) is 4.96. The van der Waals surface area contributed by atoms with Crippen molar-refractivity contribution >= 4 is 11.7 Å². The molecule has 0 saturated heterocycles. The first kappa shape index (κ1) is 15.8. The van der Waals surface area contributed by atoms with Gasteiger partial charge in [-0.2, -0.15) is 10.2 Å². The molecule has 1 aliphatic carbocycles. The van der Waals surface area contributed by atoms with E-state index in [1.165, 1.54) is 32.1 Å². The van der Waals surface area contributed by atoms with Crippen LogP contribution in [-0.4, -0.2) is 33.3 Å². The Kier molecular flexibility index (Phi) is 4.50. The third-order valence-corrected chi connectivity index (χ3v) is 4.96. The summed E-state index contributed by atoms with van der Waals surface area (Å²) in [5, 5.41) is 14.5. The van der Waals surface area contributed by atoms with Crippen molar-refractivity contribution in [2.45, 2.75) is 58.3 Å². The van der Waals surface area contributed by atoms with Crippen LogP contribution in [0.1, 0.15) is 60.7 Å². The van der Waals surface area contributed by atoms with Crippen LogP contribution in [0.2, 0.25) is 0 Å². The van der Waals surface area contributed by atoms with Gasteiger partial charge in [-0.25, -0.2) is 0 Å². The summed E-state index contributed by atoms with van der Waals surface area (Å²) in [6.07, 6.45) is 6.68. The molecule has 23 heavy (non-hydrogen) atoms. The van der Waals surface area contributed by atoms with E-state index >= 15 is 0 Å². The van der Waals surface area contributed by atoms with Gasteiger partial charge in [0.2, 0.25) is 5.91 Å². The van der Waals surface area contributed by atoms with Gasteiger partial charge >= 0.3 is 0 Å². The van der Waals surface area contributed by atoms with Crippen molar-refractivity contribution in [3.63, 3.8) is 0 Å². The van der Waals surface area contributed by atoms with Gasteiger partial charge in [-0.1, -0.05) is 19.3 Å². The summed E-state index contributed by atoms with van der Waals surface area (Å²) in [4.78, 5) is 14.2. The molecule has 0 bridgehead atoms. The molecule has 0 aliphatic heterocycles. The lowest BCUT2D eigenvalue weighted by Crippen LogP contribution is -2.28. The van der Waals surface area contributed by atoms with Crippen LogP contribution in [0.3, 0.4) is 0 Å². The number of hydrogen-bond acceptors (Lipinski definition) is 3. The van der Waals surface area contributed by atoms with Gasteiger partial charge < -0.3 is 0 Å². The second-order valence-corrected chi connectivity index (χ2v) is 6.56. The number of aromatic amines is 2. The summed E-state index contributed by atoms with van der Waals surface area (Å²) in [6.45, 7) is 3.86. The number of anilines is 1. The Labute approximate surface area is 136 Å². The minimum atomic E-state index is 0.0271. The molecule has 6 heteroatoms. The summed E-state index contributed by atoms with van der Waals surface area (Å²) >= 11 is 0. The Bertz CT molecular complexity index is 661. The summed E-state index contributed by atoms with van der Waals surface area (Å²) in [6, 6.07) is 2.03. The molecular formula is C17H25N5O. The van der Waals surface area contributed by atoms with Gasteiger partial charge in [-0.05, 0) is 26.7 Å². The molecule has 124 valence electrons. The highest BCUT2D eigenvalue weighted by Gasteiger charge is 2.21. The van der Waals surface area contributed by atoms with E-state index in [0.717, 1.165) is 22.6 Å². The molecule has 0 aromatic carbocycles. The number of amides is 1. The maximum atomic E-state index is 12.5. The van der Waals surface area contributed by atoms with Crippen molar-refractivity contribution in [1.29, 1.82) is 0 Å². The summed E-state index contributed by atoms with van der Waals surface area (Å²) in [7, 11) is 1.79. The lowest BCUT2D eigenvalue weighted by molar-refractivity contribution is -0.117. The smallest absolute Gasteiger partial charge is 0.232 e. The van der Waals surface area contributed by atoms with Crippen LogP contribution in [0, 0.1) is 13.8 Å². The molecule has 1 saturated carbocycles. The van der Waals surface area contributed by atoms with E-state index in [-0.39, 0.29) is 5.91 Å². The molecule has 2 aromatic rings. The number of nitrogens with one attached hydrogen (secondary N) is 2. The lowest BCUT2D eigenvalue weighted by atomic mass is 9.87. The summed E-state index contributed by atoms with van der Waals surface area (Å²) in [5.41, 5.74) is 3.98. The zero-order chi connectivity index (χ0) is 16.4. The fraction of sp³-hybridized carbons (Fsp3) is 0.588. The van der Waals surface area contributed by atoms with Crippen molar-refractivity contribution in [3.05, 3.63) is 28.7 Å². The normalized spacial score (nSPS) is 15.8. The van der Waals surface area contributed by atoms with Gasteiger partial charge in [0.1, 0.15) is 0 Å². The van der Waals surface area contributed by atoms with E-state index in [9.17, 15) is 4.79 Å². The van der Waals surface area contributed by atoms with Crippen LogP contribution in [0.15, 0.2) is 6.07 Å². The van der Waals surface area contributed by atoms with Crippen LogP contribution < -0.4 is 4.90 Å². The topological polar surface area (TPSA) is 77.7 Å². The van der Waals surface area contributed by atoms with Crippen molar-refractivity contribution in [2.24, 2.45) is 0 Å². The summed E-state index contributed by atoms with van der Waals surface area (Å²) in [5.74, 6) is 1.29. The molecule has 2 N–H and O–H groups in total. The highest BCUT2D eigenvalue weighted by Crippen LogP contribution is 2.32. The first-order valence-corrected chi connectivity index (χ1v) is 8.38. The van der Waals surface area contributed by atoms with Crippen molar-refractivity contribution < 1.29 is 4.79 Å². The minimum Gasteiger partial charge on any atom is -0.298 e. The number of carbonyl (C=O) groups is 1. The van der Waals surface area contributed by atoms with Gasteiger partial charge in [-0.15, -0.1) is 0 Å². The second-order valence-electron chi connectivity index (χ2n) is 6.56. The fourth-order valence-corrected chi connectivity index (χ4v) is 3.35. The number of aryl methyl sites for hydroxylation is 2. The van der Waals surface area contributed by atoms with Crippen molar-refractivity contribution in [1.82, 2.24) is 20.4 Å². The van der Waals surface area contributed by atoms with Crippen LogP contribution in [0.5, 0.6) is 0 Å². The molecule has 0 spiro atoms. The number of hydrogen-bond donors (Lipinski definition) is 2. The molecule has 0 unspecified atom stereocenters. The number of aromatic nitrogens is 4. The van der Waals surface area contributed by atoms with Crippen LogP contribution in [0.25, 0.3) is 0 Å². The second kappa shape index (κ2) is 6.56. The average Bonchev–Trinajstić information content (AvgIpc) is 3.17. The van der Waals surface area contributed by atoms with Crippen LogP contribution in [0.4, 0.5) is 5.82 Å². The number of likely N-dealkylation sites (N-methyl/N-ethyl adjacent to an activating group) is 1. The SMILES string of the molecule is Cc1n[nH]c(C)c1CC(=O)N(C)c1cc(C2CCCCC2)[nH]n1. The van der Waals surface area contributed by atoms with Gasteiger partial charge in [0.05, 0.1) is 12.1 Å².